The Labute approximate surface area is 120 Å². The maximum atomic E-state index is 12.4. The molecule has 2 atom stereocenters. The van der Waals surface area contributed by atoms with Crippen LogP contribution in [0.5, 0.6) is 0 Å². The average molecular weight is 279 g/mol. The highest BCUT2D eigenvalue weighted by atomic mass is 16.3. The first-order chi connectivity index (χ1) is 9.56. The molecule has 2 unspecified atom stereocenters. The zero-order valence-electron chi connectivity index (χ0n) is 12.3. The number of carbonyl (C=O) groups excluding carboxylic acids is 1. The van der Waals surface area contributed by atoms with Gasteiger partial charge in [-0.3, -0.25) is 9.69 Å². The van der Waals surface area contributed by atoms with Crippen LogP contribution in [0.15, 0.2) is 0 Å². The number of β-amino-alcohol motifs (C(OH)–C–C–N with tert-alkyl or cyclic N) is 1. The predicted molar refractivity (Wildman–Crippen MR) is 75.8 cm³/mol. The van der Waals surface area contributed by atoms with Gasteiger partial charge in [0.1, 0.15) is 5.54 Å². The molecule has 5 heteroatoms. The number of nitrogens with zero attached hydrogens (tertiary/aromatic N) is 2. The molecule has 2 rings (SSSR count). The minimum atomic E-state index is -0.669. The molecular weight excluding hydrogens is 254 g/mol. The molecule has 0 aromatic heterocycles. The van der Waals surface area contributed by atoms with Crippen molar-refractivity contribution in [3.05, 3.63) is 0 Å². The molecule has 1 heterocycles. The van der Waals surface area contributed by atoms with Gasteiger partial charge in [0.25, 0.3) is 0 Å². The number of nitrogens with one attached hydrogen (secondary N) is 1. The average Bonchev–Trinajstić information content (AvgIpc) is 2.47. The van der Waals surface area contributed by atoms with E-state index in [1.807, 2.05) is 11.8 Å². The summed E-state index contributed by atoms with van der Waals surface area (Å²) in [6, 6.07) is 2.03. The lowest BCUT2D eigenvalue weighted by molar-refractivity contribution is -0.128. The van der Waals surface area contributed by atoms with E-state index in [2.05, 4.69) is 11.4 Å². The molecule has 2 fully saturated rings. The number of aliphatic hydroxyl groups is 1. The molecule has 1 amide bonds. The van der Waals surface area contributed by atoms with Crippen molar-refractivity contribution in [2.75, 3.05) is 13.1 Å². The summed E-state index contributed by atoms with van der Waals surface area (Å²) in [4.78, 5) is 14.4. The van der Waals surface area contributed by atoms with Crippen LogP contribution in [0.2, 0.25) is 0 Å². The molecule has 20 heavy (non-hydrogen) atoms. The molecule has 0 aromatic rings. The molecule has 1 aliphatic heterocycles. The van der Waals surface area contributed by atoms with E-state index in [1.54, 1.807) is 0 Å². The van der Waals surface area contributed by atoms with E-state index in [9.17, 15) is 15.2 Å². The van der Waals surface area contributed by atoms with Gasteiger partial charge in [0.2, 0.25) is 5.91 Å². The lowest BCUT2D eigenvalue weighted by atomic mass is 9.82. The van der Waals surface area contributed by atoms with Gasteiger partial charge in [-0.25, -0.2) is 0 Å². The topological polar surface area (TPSA) is 76.4 Å². The minimum Gasteiger partial charge on any atom is -0.392 e. The summed E-state index contributed by atoms with van der Waals surface area (Å²) in [6.07, 6.45) is 6.06. The van der Waals surface area contributed by atoms with Crippen LogP contribution >= 0.6 is 0 Å². The molecular formula is C15H25N3O2. The van der Waals surface area contributed by atoms with E-state index >= 15 is 0 Å². The lowest BCUT2D eigenvalue weighted by Gasteiger charge is -2.37. The summed E-state index contributed by atoms with van der Waals surface area (Å²) >= 11 is 0. The maximum Gasteiger partial charge on any atom is 0.238 e. The van der Waals surface area contributed by atoms with Crippen LogP contribution in [0.4, 0.5) is 0 Å². The number of nitriles is 1. The molecule has 1 aliphatic carbocycles. The van der Waals surface area contributed by atoms with Crippen LogP contribution < -0.4 is 5.32 Å². The lowest BCUT2D eigenvalue weighted by Crippen LogP contribution is -2.56. The molecule has 0 bridgehead atoms. The zero-order valence-corrected chi connectivity index (χ0v) is 12.3. The number of carbonyl (C=O) groups is 1. The van der Waals surface area contributed by atoms with Gasteiger partial charge in [-0.05, 0) is 39.2 Å². The summed E-state index contributed by atoms with van der Waals surface area (Å²) in [5, 5.41) is 22.1. The van der Waals surface area contributed by atoms with Gasteiger partial charge in [-0.15, -0.1) is 0 Å². The van der Waals surface area contributed by atoms with Crippen molar-refractivity contribution in [3.63, 3.8) is 0 Å². The smallest absolute Gasteiger partial charge is 0.238 e. The first-order valence-electron chi connectivity index (χ1n) is 7.72. The van der Waals surface area contributed by atoms with Gasteiger partial charge in [0.15, 0.2) is 0 Å². The van der Waals surface area contributed by atoms with Gasteiger partial charge in [-0.2, -0.15) is 5.26 Å². The van der Waals surface area contributed by atoms with Crippen LogP contribution in [0.25, 0.3) is 0 Å². The molecule has 1 saturated heterocycles. The van der Waals surface area contributed by atoms with Gasteiger partial charge < -0.3 is 10.4 Å². The Morgan fingerprint density at radius 2 is 2.10 bits per heavy atom. The molecule has 0 aromatic carbocycles. The second-order valence-electron chi connectivity index (χ2n) is 6.21. The van der Waals surface area contributed by atoms with E-state index in [0.29, 0.717) is 6.54 Å². The maximum absolute atomic E-state index is 12.4. The Morgan fingerprint density at radius 1 is 1.40 bits per heavy atom. The van der Waals surface area contributed by atoms with Crippen molar-refractivity contribution in [1.29, 1.82) is 5.26 Å². The van der Waals surface area contributed by atoms with Crippen molar-refractivity contribution >= 4 is 5.91 Å². The number of rotatable bonds is 3. The fraction of sp³-hybridized carbons (Fsp3) is 0.867. The van der Waals surface area contributed by atoms with Crippen LogP contribution in [-0.2, 0) is 4.79 Å². The van der Waals surface area contributed by atoms with E-state index in [0.717, 1.165) is 51.5 Å². The summed E-state index contributed by atoms with van der Waals surface area (Å²) < 4.78 is 0. The fourth-order valence-corrected chi connectivity index (χ4v) is 3.26. The summed E-state index contributed by atoms with van der Waals surface area (Å²) in [6.45, 7) is 3.25. The van der Waals surface area contributed by atoms with E-state index in [1.165, 1.54) is 0 Å². The third kappa shape index (κ3) is 3.50. The second kappa shape index (κ2) is 6.55. The van der Waals surface area contributed by atoms with Crippen molar-refractivity contribution in [1.82, 2.24) is 10.2 Å². The first kappa shape index (κ1) is 15.3. The SMILES string of the molecule is CC(C(=O)NC1(C#N)CCCCC1)N1CCCC(O)C1. The zero-order chi connectivity index (χ0) is 14.6. The highest BCUT2D eigenvalue weighted by molar-refractivity contribution is 5.82. The Balaban J connectivity index is 1.94. The minimum absolute atomic E-state index is 0.0810. The molecule has 0 radical (unpaired) electrons. The third-order valence-corrected chi connectivity index (χ3v) is 4.64. The highest BCUT2D eigenvalue weighted by Gasteiger charge is 2.36. The second-order valence-corrected chi connectivity index (χ2v) is 6.21. The standard InChI is InChI=1S/C15H25N3O2/c1-12(18-9-5-6-13(19)10-18)14(20)17-15(11-16)7-3-2-4-8-15/h12-13,19H,2-10H2,1H3,(H,17,20). The number of piperidine rings is 1. The molecule has 112 valence electrons. The van der Waals surface area contributed by atoms with Crippen molar-refractivity contribution < 1.29 is 9.90 Å². The highest BCUT2D eigenvalue weighted by Crippen LogP contribution is 2.27. The van der Waals surface area contributed by atoms with Gasteiger partial charge in [0, 0.05) is 6.54 Å². The van der Waals surface area contributed by atoms with E-state index in [4.69, 9.17) is 0 Å². The molecule has 1 saturated carbocycles. The van der Waals surface area contributed by atoms with Crippen LogP contribution in [0, 0.1) is 11.3 Å². The quantitative estimate of drug-likeness (QED) is 0.813. The summed E-state index contributed by atoms with van der Waals surface area (Å²) in [5.41, 5.74) is -0.669. The van der Waals surface area contributed by atoms with Gasteiger partial charge in [-0.1, -0.05) is 19.3 Å². The summed E-state index contributed by atoms with van der Waals surface area (Å²) in [5.74, 6) is -0.0810. The number of amides is 1. The van der Waals surface area contributed by atoms with Crippen LogP contribution in [-0.4, -0.2) is 46.7 Å². The van der Waals surface area contributed by atoms with E-state index in [-0.39, 0.29) is 18.1 Å². The van der Waals surface area contributed by atoms with Crippen molar-refractivity contribution in [2.45, 2.75) is 69.6 Å². The Hall–Kier alpha value is -1.12. The molecule has 5 nitrogen and oxygen atoms in total. The van der Waals surface area contributed by atoms with Crippen molar-refractivity contribution in [3.8, 4) is 6.07 Å². The van der Waals surface area contributed by atoms with Crippen LogP contribution in [0.1, 0.15) is 51.9 Å². The number of hydrogen-bond acceptors (Lipinski definition) is 4. The predicted octanol–water partition coefficient (Wildman–Crippen LogP) is 1.17. The first-order valence-corrected chi connectivity index (χ1v) is 7.72. The monoisotopic (exact) mass is 279 g/mol. The molecule has 2 N–H and O–H groups in total. The Bertz CT molecular complexity index is 385. The third-order valence-electron chi connectivity index (χ3n) is 4.64. The van der Waals surface area contributed by atoms with Gasteiger partial charge in [0.05, 0.1) is 18.2 Å². The number of likely N-dealkylation sites (tertiary alicyclic amines) is 1. The largest absolute Gasteiger partial charge is 0.392 e. The van der Waals surface area contributed by atoms with Crippen molar-refractivity contribution in [2.24, 2.45) is 0 Å². The Morgan fingerprint density at radius 3 is 2.70 bits per heavy atom. The number of aliphatic hydroxyl groups excluding tert-OH is 1. The van der Waals surface area contributed by atoms with Gasteiger partial charge >= 0.3 is 0 Å². The Kier molecular flexibility index (Phi) is 5.00. The number of hydrogen-bond donors (Lipinski definition) is 2. The molecule has 2 aliphatic rings. The summed E-state index contributed by atoms with van der Waals surface area (Å²) in [7, 11) is 0. The van der Waals surface area contributed by atoms with E-state index < -0.39 is 5.54 Å². The molecule has 0 spiro atoms. The normalized spacial score (nSPS) is 28.4. The van der Waals surface area contributed by atoms with Crippen LogP contribution in [0.3, 0.4) is 0 Å². The fourth-order valence-electron chi connectivity index (χ4n) is 3.26.